The summed E-state index contributed by atoms with van der Waals surface area (Å²) in [5, 5.41) is 12.9. The zero-order chi connectivity index (χ0) is 10.6. The molecular formula is C10H8N2S2. The molecule has 1 aromatic carbocycles. The van der Waals surface area contributed by atoms with Crippen molar-refractivity contribution in [2.75, 3.05) is 0 Å². The molecule has 0 saturated carbocycles. The lowest BCUT2D eigenvalue weighted by Crippen LogP contribution is -1.82. The predicted molar refractivity (Wildman–Crippen MR) is 62.1 cm³/mol. The molecule has 0 amide bonds. The topological polar surface area (TPSA) is 36.1 Å². The van der Waals surface area contributed by atoms with Crippen molar-refractivity contribution in [3.63, 3.8) is 0 Å². The van der Waals surface area contributed by atoms with Gasteiger partial charge in [0, 0.05) is 4.90 Å². The van der Waals surface area contributed by atoms with Crippen molar-refractivity contribution in [1.82, 2.24) is 0 Å². The van der Waals surface area contributed by atoms with Gasteiger partial charge in [-0.1, -0.05) is 0 Å². The average molecular weight is 220 g/mol. The van der Waals surface area contributed by atoms with E-state index in [4.69, 9.17) is 5.26 Å². The first-order valence-corrected chi connectivity index (χ1v) is 5.16. The SMILES string of the molecule is Cc1cc(SC#N)cc(C)c1N=C=S. The summed E-state index contributed by atoms with van der Waals surface area (Å²) in [6.45, 7) is 3.89. The van der Waals surface area contributed by atoms with Crippen LogP contribution in [0.15, 0.2) is 22.0 Å². The lowest BCUT2D eigenvalue weighted by atomic mass is 10.1. The van der Waals surface area contributed by atoms with Crippen LogP contribution in [0.3, 0.4) is 0 Å². The third-order valence-electron chi connectivity index (χ3n) is 1.79. The molecule has 1 aromatic rings. The van der Waals surface area contributed by atoms with Gasteiger partial charge in [0.05, 0.1) is 10.8 Å². The van der Waals surface area contributed by atoms with Crippen LogP contribution in [-0.4, -0.2) is 5.16 Å². The number of nitriles is 1. The van der Waals surface area contributed by atoms with Crippen molar-refractivity contribution >= 4 is 34.8 Å². The molecular weight excluding hydrogens is 212 g/mol. The van der Waals surface area contributed by atoms with Gasteiger partial charge in [0.2, 0.25) is 0 Å². The fourth-order valence-electron chi connectivity index (χ4n) is 1.25. The summed E-state index contributed by atoms with van der Waals surface area (Å²) in [5.74, 6) is 0. The van der Waals surface area contributed by atoms with Crippen molar-refractivity contribution < 1.29 is 0 Å². The molecule has 14 heavy (non-hydrogen) atoms. The van der Waals surface area contributed by atoms with Crippen LogP contribution in [-0.2, 0) is 0 Å². The smallest absolute Gasteiger partial charge is 0.138 e. The molecule has 0 aliphatic carbocycles. The van der Waals surface area contributed by atoms with Crippen LogP contribution in [0.25, 0.3) is 0 Å². The molecule has 0 N–H and O–H groups in total. The van der Waals surface area contributed by atoms with E-state index in [1.807, 2.05) is 31.4 Å². The second kappa shape index (κ2) is 4.92. The number of thioether (sulfide) groups is 1. The van der Waals surface area contributed by atoms with E-state index in [1.54, 1.807) is 0 Å². The molecule has 1 rings (SSSR count). The van der Waals surface area contributed by atoms with Crippen LogP contribution in [0.4, 0.5) is 5.69 Å². The highest BCUT2D eigenvalue weighted by Crippen LogP contribution is 2.29. The molecule has 0 saturated heterocycles. The molecule has 0 aromatic heterocycles. The number of thiocarbonyl (C=S) groups is 1. The quantitative estimate of drug-likeness (QED) is 0.330. The third-order valence-corrected chi connectivity index (χ3v) is 2.44. The normalized spacial score (nSPS) is 8.93. The summed E-state index contributed by atoms with van der Waals surface area (Å²) < 4.78 is 0. The molecule has 0 aliphatic heterocycles. The zero-order valence-electron chi connectivity index (χ0n) is 7.87. The van der Waals surface area contributed by atoms with E-state index in [9.17, 15) is 0 Å². The maximum absolute atomic E-state index is 8.53. The van der Waals surface area contributed by atoms with Crippen molar-refractivity contribution in [3.05, 3.63) is 23.3 Å². The second-order valence-corrected chi connectivity index (χ2v) is 3.84. The van der Waals surface area contributed by atoms with E-state index in [0.29, 0.717) is 0 Å². The number of hydrogen-bond donors (Lipinski definition) is 0. The minimum absolute atomic E-state index is 0.849. The van der Waals surface area contributed by atoms with Gasteiger partial charge in [-0.25, -0.2) is 0 Å². The Hall–Kier alpha value is -1.14. The Morgan fingerprint density at radius 1 is 1.36 bits per heavy atom. The summed E-state index contributed by atoms with van der Waals surface area (Å²) in [6, 6.07) is 3.85. The van der Waals surface area contributed by atoms with Gasteiger partial charge in [-0.3, -0.25) is 0 Å². The largest absolute Gasteiger partial charge is 0.194 e. The number of nitrogens with zero attached hydrogens (tertiary/aromatic N) is 2. The van der Waals surface area contributed by atoms with Gasteiger partial charge in [0.1, 0.15) is 5.40 Å². The number of rotatable bonds is 2. The van der Waals surface area contributed by atoms with Crippen LogP contribution >= 0.6 is 24.0 Å². The van der Waals surface area contributed by atoms with Gasteiger partial charge in [0.25, 0.3) is 0 Å². The van der Waals surface area contributed by atoms with Gasteiger partial charge in [-0.2, -0.15) is 10.3 Å². The molecule has 0 radical (unpaired) electrons. The minimum atomic E-state index is 0.849. The number of aliphatic imine (C=N–C) groups is 1. The Morgan fingerprint density at radius 3 is 2.36 bits per heavy atom. The summed E-state index contributed by atoms with van der Waals surface area (Å²) in [7, 11) is 0. The van der Waals surface area contributed by atoms with E-state index < -0.39 is 0 Å². The maximum Gasteiger partial charge on any atom is 0.138 e. The summed E-state index contributed by atoms with van der Waals surface area (Å²) in [5.41, 5.74) is 2.88. The predicted octanol–water partition coefficient (Wildman–Crippen LogP) is 3.61. The van der Waals surface area contributed by atoms with Crippen molar-refractivity contribution in [3.8, 4) is 5.40 Å². The first-order chi connectivity index (χ1) is 6.69. The maximum atomic E-state index is 8.53. The van der Waals surface area contributed by atoms with E-state index in [1.165, 1.54) is 0 Å². The fourth-order valence-corrected chi connectivity index (χ4v) is 1.92. The number of benzene rings is 1. The number of isothiocyanates is 1. The van der Waals surface area contributed by atoms with Crippen molar-refractivity contribution in [1.29, 1.82) is 5.26 Å². The van der Waals surface area contributed by atoms with Crippen LogP contribution in [0.5, 0.6) is 0 Å². The van der Waals surface area contributed by atoms with E-state index >= 15 is 0 Å². The molecule has 0 heterocycles. The van der Waals surface area contributed by atoms with Gasteiger partial charge >= 0.3 is 0 Å². The third kappa shape index (κ3) is 2.43. The van der Waals surface area contributed by atoms with Crippen LogP contribution in [0.1, 0.15) is 11.1 Å². The highest BCUT2D eigenvalue weighted by atomic mass is 32.2. The molecule has 2 nitrogen and oxygen atoms in total. The minimum Gasteiger partial charge on any atom is -0.194 e. The van der Waals surface area contributed by atoms with Crippen molar-refractivity contribution in [2.24, 2.45) is 4.99 Å². The van der Waals surface area contributed by atoms with Gasteiger partial charge < -0.3 is 0 Å². The lowest BCUT2D eigenvalue weighted by Gasteiger charge is -2.04. The number of hydrogen-bond acceptors (Lipinski definition) is 4. The molecule has 0 aliphatic rings. The monoisotopic (exact) mass is 220 g/mol. The molecule has 0 fully saturated rings. The van der Waals surface area contributed by atoms with E-state index in [0.717, 1.165) is 33.5 Å². The molecule has 70 valence electrons. The van der Waals surface area contributed by atoms with Crippen LogP contribution < -0.4 is 0 Å². The van der Waals surface area contributed by atoms with Gasteiger partial charge in [0.15, 0.2) is 0 Å². The second-order valence-electron chi connectivity index (χ2n) is 2.80. The first-order valence-electron chi connectivity index (χ1n) is 3.94. The van der Waals surface area contributed by atoms with Gasteiger partial charge in [-0.15, -0.1) is 0 Å². The molecule has 0 atom stereocenters. The average Bonchev–Trinajstić information content (AvgIpc) is 2.12. The zero-order valence-corrected chi connectivity index (χ0v) is 9.50. The summed E-state index contributed by atoms with van der Waals surface area (Å²) >= 11 is 5.71. The van der Waals surface area contributed by atoms with E-state index in [-0.39, 0.29) is 0 Å². The molecule has 4 heteroatoms. The first kappa shape index (κ1) is 10.9. The highest BCUT2D eigenvalue weighted by molar-refractivity contribution is 8.03. The Bertz CT molecular complexity index is 417. The summed E-state index contributed by atoms with van der Waals surface area (Å²) in [6.07, 6.45) is 0. The summed E-state index contributed by atoms with van der Waals surface area (Å²) in [4.78, 5) is 4.92. The van der Waals surface area contributed by atoms with Gasteiger partial charge in [-0.05, 0) is 61.1 Å². The van der Waals surface area contributed by atoms with Crippen LogP contribution in [0, 0.1) is 24.5 Å². The molecule has 0 spiro atoms. The Morgan fingerprint density at radius 2 is 1.93 bits per heavy atom. The standard InChI is InChI=1S/C10H8N2S2/c1-7-3-9(14-5-11)4-8(2)10(7)12-6-13/h3-4H,1-2H3. The lowest BCUT2D eigenvalue weighted by molar-refractivity contribution is 1.27. The van der Waals surface area contributed by atoms with E-state index in [2.05, 4.69) is 22.4 Å². The van der Waals surface area contributed by atoms with Crippen molar-refractivity contribution in [2.45, 2.75) is 18.7 Å². The Kier molecular flexibility index (Phi) is 3.84. The highest BCUT2D eigenvalue weighted by Gasteiger charge is 2.03. The number of thiocyanates is 1. The Labute approximate surface area is 92.7 Å². The fraction of sp³-hybridized carbons (Fsp3) is 0.200. The molecule has 0 unspecified atom stereocenters. The number of aryl methyl sites for hydroxylation is 2. The van der Waals surface area contributed by atoms with Crippen LogP contribution in [0.2, 0.25) is 0 Å². The Balaban J connectivity index is 3.25. The molecule has 0 bridgehead atoms.